The summed E-state index contributed by atoms with van der Waals surface area (Å²) >= 11 is 0. The van der Waals surface area contributed by atoms with Gasteiger partial charge < -0.3 is 10.2 Å². The molecule has 4 rings (SSSR count). The first-order valence-corrected chi connectivity index (χ1v) is 6.92. The summed E-state index contributed by atoms with van der Waals surface area (Å²) in [5.41, 5.74) is 0.934. The standard InChI is InChI=1S/C13H16N6O/c20-10-5-13(7-14-10)1-3-19(4-2-13)12-9-6-17-18-11(9)15-8-16-12/h6,8H,1-5,7H2,(H,14,20)(H,15,16,17,18). The SMILES string of the molecule is O=C1CC2(CCN(c3ncnc4[nH]ncc34)CC2)CN1. The van der Waals surface area contributed by atoms with Crippen molar-refractivity contribution in [1.29, 1.82) is 0 Å². The van der Waals surface area contributed by atoms with Crippen molar-refractivity contribution in [2.24, 2.45) is 5.41 Å². The zero-order valence-electron chi connectivity index (χ0n) is 11.1. The normalized spacial score (nSPS) is 21.6. The Labute approximate surface area is 115 Å². The van der Waals surface area contributed by atoms with E-state index in [1.54, 1.807) is 12.5 Å². The molecular formula is C13H16N6O. The highest BCUT2D eigenvalue weighted by Crippen LogP contribution is 2.39. The van der Waals surface area contributed by atoms with Gasteiger partial charge in [-0.25, -0.2) is 9.97 Å². The molecule has 0 radical (unpaired) electrons. The van der Waals surface area contributed by atoms with E-state index in [9.17, 15) is 4.79 Å². The molecule has 2 saturated heterocycles. The molecule has 2 aliphatic heterocycles. The summed E-state index contributed by atoms with van der Waals surface area (Å²) in [5, 5.41) is 10.8. The molecule has 2 aromatic heterocycles. The lowest BCUT2D eigenvalue weighted by Crippen LogP contribution is -2.41. The molecule has 1 amide bonds. The second kappa shape index (κ2) is 4.16. The second-order valence-corrected chi connectivity index (χ2v) is 5.77. The molecule has 1 spiro atoms. The van der Waals surface area contributed by atoms with Crippen LogP contribution < -0.4 is 10.2 Å². The molecule has 0 aliphatic carbocycles. The Balaban J connectivity index is 1.57. The number of hydrogen-bond acceptors (Lipinski definition) is 5. The first-order chi connectivity index (χ1) is 9.76. The zero-order chi connectivity index (χ0) is 13.6. The van der Waals surface area contributed by atoms with Gasteiger partial charge in [-0.3, -0.25) is 9.89 Å². The molecule has 2 aromatic rings. The van der Waals surface area contributed by atoms with Gasteiger partial charge in [-0.2, -0.15) is 5.10 Å². The Bertz CT molecular complexity index is 658. The van der Waals surface area contributed by atoms with Crippen LogP contribution in [0.15, 0.2) is 12.5 Å². The molecule has 7 nitrogen and oxygen atoms in total. The molecule has 2 N–H and O–H groups in total. The van der Waals surface area contributed by atoms with Crippen LogP contribution >= 0.6 is 0 Å². The molecular weight excluding hydrogens is 256 g/mol. The number of amides is 1. The lowest BCUT2D eigenvalue weighted by atomic mass is 9.77. The fourth-order valence-electron chi connectivity index (χ4n) is 3.30. The number of carbonyl (C=O) groups excluding carboxylic acids is 1. The van der Waals surface area contributed by atoms with Crippen LogP contribution in [0.4, 0.5) is 5.82 Å². The molecule has 0 unspecified atom stereocenters. The number of aromatic nitrogens is 4. The zero-order valence-corrected chi connectivity index (χ0v) is 11.1. The average molecular weight is 272 g/mol. The lowest BCUT2D eigenvalue weighted by Gasteiger charge is -2.38. The van der Waals surface area contributed by atoms with Crippen molar-refractivity contribution in [2.75, 3.05) is 24.5 Å². The topological polar surface area (TPSA) is 86.8 Å². The minimum absolute atomic E-state index is 0.163. The van der Waals surface area contributed by atoms with Crippen LogP contribution in [0.2, 0.25) is 0 Å². The first-order valence-electron chi connectivity index (χ1n) is 6.92. The maximum absolute atomic E-state index is 11.5. The van der Waals surface area contributed by atoms with Gasteiger partial charge in [0.1, 0.15) is 12.1 Å². The average Bonchev–Trinajstić information content (AvgIpc) is 3.07. The van der Waals surface area contributed by atoms with Crippen LogP contribution in [-0.2, 0) is 4.79 Å². The summed E-state index contributed by atoms with van der Waals surface area (Å²) in [7, 11) is 0. The lowest BCUT2D eigenvalue weighted by molar-refractivity contribution is -0.119. The van der Waals surface area contributed by atoms with Crippen molar-refractivity contribution in [2.45, 2.75) is 19.3 Å². The quantitative estimate of drug-likeness (QED) is 0.787. The van der Waals surface area contributed by atoms with Gasteiger partial charge in [-0.05, 0) is 18.3 Å². The largest absolute Gasteiger partial charge is 0.356 e. The summed E-state index contributed by atoms with van der Waals surface area (Å²) in [6, 6.07) is 0. The summed E-state index contributed by atoms with van der Waals surface area (Å²) in [5.74, 6) is 1.13. The highest BCUT2D eigenvalue weighted by Gasteiger charge is 2.41. The van der Waals surface area contributed by atoms with Crippen molar-refractivity contribution >= 4 is 22.8 Å². The van der Waals surface area contributed by atoms with Crippen molar-refractivity contribution in [3.8, 4) is 0 Å². The van der Waals surface area contributed by atoms with E-state index < -0.39 is 0 Å². The van der Waals surface area contributed by atoms with E-state index in [2.05, 4.69) is 30.4 Å². The highest BCUT2D eigenvalue weighted by atomic mass is 16.1. The second-order valence-electron chi connectivity index (χ2n) is 5.77. The van der Waals surface area contributed by atoms with Gasteiger partial charge >= 0.3 is 0 Å². The molecule has 4 heterocycles. The molecule has 2 fully saturated rings. The Hall–Kier alpha value is -2.18. The van der Waals surface area contributed by atoms with E-state index in [0.29, 0.717) is 6.42 Å². The summed E-state index contributed by atoms with van der Waals surface area (Å²) in [4.78, 5) is 22.3. The monoisotopic (exact) mass is 272 g/mol. The van der Waals surface area contributed by atoms with E-state index in [0.717, 1.165) is 49.3 Å². The fraction of sp³-hybridized carbons (Fsp3) is 0.538. The number of H-pyrrole nitrogens is 1. The number of nitrogens with zero attached hydrogens (tertiary/aromatic N) is 4. The molecule has 104 valence electrons. The summed E-state index contributed by atoms with van der Waals surface area (Å²) in [6.45, 7) is 2.67. The van der Waals surface area contributed by atoms with E-state index >= 15 is 0 Å². The van der Waals surface area contributed by atoms with Crippen LogP contribution in [0.1, 0.15) is 19.3 Å². The number of piperidine rings is 1. The van der Waals surface area contributed by atoms with Gasteiger partial charge in [0.15, 0.2) is 5.65 Å². The molecule has 0 bridgehead atoms. The maximum Gasteiger partial charge on any atom is 0.220 e. The van der Waals surface area contributed by atoms with Gasteiger partial charge in [0.05, 0.1) is 11.6 Å². The molecule has 2 aliphatic rings. The number of carbonyl (C=O) groups is 1. The fourth-order valence-corrected chi connectivity index (χ4v) is 3.30. The van der Waals surface area contributed by atoms with Crippen LogP contribution in [-0.4, -0.2) is 45.7 Å². The third kappa shape index (κ3) is 1.73. The van der Waals surface area contributed by atoms with Gasteiger partial charge in [0, 0.05) is 26.1 Å². The number of anilines is 1. The van der Waals surface area contributed by atoms with E-state index in [1.807, 2.05) is 0 Å². The van der Waals surface area contributed by atoms with Gasteiger partial charge in [-0.15, -0.1) is 0 Å². The Kier molecular flexibility index (Phi) is 2.42. The minimum Gasteiger partial charge on any atom is -0.356 e. The summed E-state index contributed by atoms with van der Waals surface area (Å²) in [6.07, 6.45) is 6.06. The number of aromatic amines is 1. The van der Waals surface area contributed by atoms with Crippen LogP contribution in [0, 0.1) is 5.41 Å². The van der Waals surface area contributed by atoms with Crippen molar-refractivity contribution in [1.82, 2.24) is 25.5 Å². The third-order valence-corrected chi connectivity index (χ3v) is 4.55. The van der Waals surface area contributed by atoms with Gasteiger partial charge in [0.2, 0.25) is 5.91 Å². The van der Waals surface area contributed by atoms with Gasteiger partial charge in [0.25, 0.3) is 0 Å². The number of hydrogen-bond donors (Lipinski definition) is 2. The van der Waals surface area contributed by atoms with E-state index in [-0.39, 0.29) is 11.3 Å². The van der Waals surface area contributed by atoms with Crippen molar-refractivity contribution in [3.05, 3.63) is 12.5 Å². The maximum atomic E-state index is 11.5. The van der Waals surface area contributed by atoms with Crippen molar-refractivity contribution < 1.29 is 4.79 Å². The predicted octanol–water partition coefficient (Wildman–Crippen LogP) is 0.459. The van der Waals surface area contributed by atoms with Crippen LogP contribution in [0.3, 0.4) is 0 Å². The highest BCUT2D eigenvalue weighted by molar-refractivity contribution is 5.86. The number of rotatable bonds is 1. The first kappa shape index (κ1) is 11.6. The summed E-state index contributed by atoms with van der Waals surface area (Å²) < 4.78 is 0. The molecule has 0 atom stereocenters. The van der Waals surface area contributed by atoms with Crippen LogP contribution in [0.5, 0.6) is 0 Å². The van der Waals surface area contributed by atoms with Crippen molar-refractivity contribution in [3.63, 3.8) is 0 Å². The minimum atomic E-state index is 0.163. The predicted molar refractivity (Wildman–Crippen MR) is 73.2 cm³/mol. The van der Waals surface area contributed by atoms with E-state index in [1.165, 1.54) is 0 Å². The Morgan fingerprint density at radius 2 is 2.10 bits per heavy atom. The smallest absolute Gasteiger partial charge is 0.220 e. The molecule has 20 heavy (non-hydrogen) atoms. The number of nitrogens with one attached hydrogen (secondary N) is 2. The van der Waals surface area contributed by atoms with Gasteiger partial charge in [-0.1, -0.05) is 0 Å². The number of fused-ring (bicyclic) bond motifs is 1. The molecule has 7 heteroatoms. The Morgan fingerprint density at radius 3 is 2.85 bits per heavy atom. The van der Waals surface area contributed by atoms with Crippen LogP contribution in [0.25, 0.3) is 11.0 Å². The Morgan fingerprint density at radius 1 is 1.25 bits per heavy atom. The van der Waals surface area contributed by atoms with E-state index in [4.69, 9.17) is 0 Å². The third-order valence-electron chi connectivity index (χ3n) is 4.55. The molecule has 0 saturated carbocycles. The molecule has 0 aromatic carbocycles.